The van der Waals surface area contributed by atoms with Crippen molar-refractivity contribution >= 4 is 17.6 Å². The van der Waals surface area contributed by atoms with Gasteiger partial charge < -0.3 is 5.32 Å². The molecule has 1 fully saturated rings. The summed E-state index contributed by atoms with van der Waals surface area (Å²) in [5.41, 5.74) is 1.81. The van der Waals surface area contributed by atoms with E-state index in [1.54, 1.807) is 12.1 Å². The highest BCUT2D eigenvalue weighted by Crippen LogP contribution is 2.16. The molecule has 1 aliphatic heterocycles. The van der Waals surface area contributed by atoms with Crippen molar-refractivity contribution < 1.29 is 14.5 Å². The van der Waals surface area contributed by atoms with Crippen molar-refractivity contribution in [2.45, 2.75) is 18.9 Å². The van der Waals surface area contributed by atoms with Gasteiger partial charge in [0.1, 0.15) is 6.04 Å². The van der Waals surface area contributed by atoms with Crippen molar-refractivity contribution in [2.75, 3.05) is 6.54 Å². The van der Waals surface area contributed by atoms with E-state index in [-0.39, 0.29) is 11.6 Å². The van der Waals surface area contributed by atoms with Crippen LogP contribution in [0.2, 0.25) is 0 Å². The number of carbonyl (C=O) groups excluding carboxylic acids is 2. The minimum Gasteiger partial charge on any atom is -0.325 e. The zero-order valence-electron chi connectivity index (χ0n) is 13.4. The van der Waals surface area contributed by atoms with Crippen LogP contribution in [0, 0.1) is 10.1 Å². The predicted octanol–water partition coefficient (Wildman–Crippen LogP) is 2.30. The third kappa shape index (κ3) is 3.82. The molecule has 1 aliphatic rings. The average molecular weight is 339 g/mol. The minimum absolute atomic E-state index is 0.00461. The Kier molecular flexibility index (Phi) is 4.74. The number of amides is 3. The van der Waals surface area contributed by atoms with Gasteiger partial charge in [-0.15, -0.1) is 0 Å². The zero-order valence-corrected chi connectivity index (χ0v) is 13.4. The number of imide groups is 1. The number of benzene rings is 2. The van der Waals surface area contributed by atoms with E-state index in [9.17, 15) is 19.7 Å². The van der Waals surface area contributed by atoms with Crippen LogP contribution in [0.4, 0.5) is 10.5 Å². The Hall–Kier alpha value is -3.22. The molecular weight excluding hydrogens is 322 g/mol. The topological polar surface area (TPSA) is 92.5 Å². The molecule has 7 nitrogen and oxygen atoms in total. The molecule has 25 heavy (non-hydrogen) atoms. The maximum Gasteiger partial charge on any atom is 0.324 e. The van der Waals surface area contributed by atoms with E-state index in [0.717, 1.165) is 11.1 Å². The molecular formula is C18H17N3O4. The molecule has 1 heterocycles. The number of carbonyl (C=O) groups is 2. The first-order valence-corrected chi connectivity index (χ1v) is 7.94. The van der Waals surface area contributed by atoms with Crippen molar-refractivity contribution in [3.63, 3.8) is 0 Å². The number of nitrogens with zero attached hydrogens (tertiary/aromatic N) is 2. The Labute approximate surface area is 144 Å². The zero-order chi connectivity index (χ0) is 17.8. The minimum atomic E-state index is -0.635. The summed E-state index contributed by atoms with van der Waals surface area (Å²) in [7, 11) is 0. The molecule has 128 valence electrons. The average Bonchev–Trinajstić information content (AvgIpc) is 2.88. The summed E-state index contributed by atoms with van der Waals surface area (Å²) in [5.74, 6) is -0.265. The van der Waals surface area contributed by atoms with Gasteiger partial charge in [0.2, 0.25) is 0 Å². The summed E-state index contributed by atoms with van der Waals surface area (Å²) in [6.07, 6.45) is 0.911. The highest BCUT2D eigenvalue weighted by Gasteiger charge is 2.37. The maximum atomic E-state index is 12.5. The normalized spacial score (nSPS) is 16.8. The number of non-ortho nitro benzene ring substituents is 1. The first-order valence-electron chi connectivity index (χ1n) is 7.94. The number of urea groups is 1. The van der Waals surface area contributed by atoms with Crippen molar-refractivity contribution in [3.8, 4) is 0 Å². The molecule has 3 rings (SSSR count). The number of nitro benzene ring substituents is 1. The Bertz CT molecular complexity index is 790. The SMILES string of the molecule is O=C1NC(Cc2ccc([N+](=O)[O-])cc2)C(=O)N1CCc1ccccc1. The first-order chi connectivity index (χ1) is 12.0. The summed E-state index contributed by atoms with van der Waals surface area (Å²) < 4.78 is 0. The highest BCUT2D eigenvalue weighted by molar-refractivity contribution is 6.04. The van der Waals surface area contributed by atoms with Crippen LogP contribution in [-0.4, -0.2) is 34.3 Å². The molecule has 0 saturated carbocycles. The van der Waals surface area contributed by atoms with Gasteiger partial charge in [-0.1, -0.05) is 42.5 Å². The van der Waals surface area contributed by atoms with Gasteiger partial charge >= 0.3 is 6.03 Å². The summed E-state index contributed by atoms with van der Waals surface area (Å²) in [4.78, 5) is 35.9. The van der Waals surface area contributed by atoms with Gasteiger partial charge in [-0.25, -0.2) is 4.79 Å². The van der Waals surface area contributed by atoms with Gasteiger partial charge in [-0.3, -0.25) is 19.8 Å². The van der Waals surface area contributed by atoms with Gasteiger partial charge in [0.25, 0.3) is 11.6 Å². The molecule has 7 heteroatoms. The Morgan fingerprint density at radius 2 is 1.68 bits per heavy atom. The summed E-state index contributed by atoms with van der Waals surface area (Å²) in [5, 5.41) is 13.4. The molecule has 1 N–H and O–H groups in total. The van der Waals surface area contributed by atoms with Crippen molar-refractivity contribution in [2.24, 2.45) is 0 Å². The molecule has 3 amide bonds. The molecule has 0 bridgehead atoms. The number of hydrogen-bond acceptors (Lipinski definition) is 4. The molecule has 1 unspecified atom stereocenters. The number of nitro groups is 1. The Balaban J connectivity index is 1.61. The van der Waals surface area contributed by atoms with Crippen LogP contribution in [0.3, 0.4) is 0 Å². The maximum absolute atomic E-state index is 12.5. The molecule has 0 aromatic heterocycles. The van der Waals surface area contributed by atoms with Crippen LogP contribution in [-0.2, 0) is 17.6 Å². The van der Waals surface area contributed by atoms with Gasteiger partial charge in [0.05, 0.1) is 4.92 Å². The second kappa shape index (κ2) is 7.12. The molecule has 0 radical (unpaired) electrons. The van der Waals surface area contributed by atoms with Crippen LogP contribution in [0.15, 0.2) is 54.6 Å². The van der Waals surface area contributed by atoms with Crippen LogP contribution in [0.5, 0.6) is 0 Å². The van der Waals surface area contributed by atoms with Crippen molar-refractivity contribution in [1.82, 2.24) is 10.2 Å². The fourth-order valence-electron chi connectivity index (χ4n) is 2.80. The second-order valence-electron chi connectivity index (χ2n) is 5.86. The second-order valence-corrected chi connectivity index (χ2v) is 5.86. The van der Waals surface area contributed by atoms with Crippen molar-refractivity contribution in [1.29, 1.82) is 0 Å². The lowest BCUT2D eigenvalue weighted by Gasteiger charge is -2.13. The third-order valence-electron chi connectivity index (χ3n) is 4.16. The molecule has 0 spiro atoms. The van der Waals surface area contributed by atoms with Crippen LogP contribution >= 0.6 is 0 Å². The van der Waals surface area contributed by atoms with E-state index in [2.05, 4.69) is 5.32 Å². The molecule has 1 saturated heterocycles. The van der Waals surface area contributed by atoms with Crippen LogP contribution < -0.4 is 5.32 Å². The molecule has 0 aliphatic carbocycles. The van der Waals surface area contributed by atoms with E-state index in [1.807, 2.05) is 30.3 Å². The van der Waals surface area contributed by atoms with E-state index >= 15 is 0 Å². The molecule has 2 aromatic rings. The fourth-order valence-corrected chi connectivity index (χ4v) is 2.80. The summed E-state index contributed by atoms with van der Waals surface area (Å²) in [6, 6.07) is 14.6. The highest BCUT2D eigenvalue weighted by atomic mass is 16.6. The standard InChI is InChI=1S/C18H17N3O4/c22-17-16(12-14-6-8-15(9-7-14)21(24)25)19-18(23)20(17)11-10-13-4-2-1-3-5-13/h1-9,16H,10-12H2,(H,19,23). The van der Waals surface area contributed by atoms with E-state index in [4.69, 9.17) is 0 Å². The first kappa shape index (κ1) is 16.6. The monoisotopic (exact) mass is 339 g/mol. The van der Waals surface area contributed by atoms with Gasteiger partial charge in [-0.2, -0.15) is 0 Å². The summed E-state index contributed by atoms with van der Waals surface area (Å²) >= 11 is 0. The smallest absolute Gasteiger partial charge is 0.324 e. The molecule has 2 aromatic carbocycles. The lowest BCUT2D eigenvalue weighted by atomic mass is 10.1. The molecule has 1 atom stereocenters. The van der Waals surface area contributed by atoms with Crippen LogP contribution in [0.25, 0.3) is 0 Å². The van der Waals surface area contributed by atoms with E-state index in [0.29, 0.717) is 19.4 Å². The Morgan fingerprint density at radius 1 is 1.00 bits per heavy atom. The lowest BCUT2D eigenvalue weighted by molar-refractivity contribution is -0.384. The number of hydrogen-bond donors (Lipinski definition) is 1. The van der Waals surface area contributed by atoms with Gasteiger partial charge in [0.15, 0.2) is 0 Å². The third-order valence-corrected chi connectivity index (χ3v) is 4.16. The lowest BCUT2D eigenvalue weighted by Crippen LogP contribution is -2.33. The van der Waals surface area contributed by atoms with Gasteiger partial charge in [0, 0.05) is 25.1 Å². The largest absolute Gasteiger partial charge is 0.325 e. The predicted molar refractivity (Wildman–Crippen MR) is 91.0 cm³/mol. The van der Waals surface area contributed by atoms with E-state index in [1.165, 1.54) is 17.0 Å². The number of rotatable bonds is 6. The Morgan fingerprint density at radius 3 is 2.32 bits per heavy atom. The quantitative estimate of drug-likeness (QED) is 0.496. The number of nitrogens with one attached hydrogen (secondary N) is 1. The summed E-state index contributed by atoms with van der Waals surface area (Å²) in [6.45, 7) is 0.325. The van der Waals surface area contributed by atoms with E-state index < -0.39 is 17.0 Å². The van der Waals surface area contributed by atoms with Gasteiger partial charge in [-0.05, 0) is 17.5 Å². The fraction of sp³-hybridized carbons (Fsp3) is 0.222. The van der Waals surface area contributed by atoms with Crippen LogP contribution in [0.1, 0.15) is 11.1 Å². The van der Waals surface area contributed by atoms with Crippen molar-refractivity contribution in [3.05, 3.63) is 75.8 Å².